The van der Waals surface area contributed by atoms with Crippen LogP contribution in [0.25, 0.3) is 17.1 Å². The van der Waals surface area contributed by atoms with Crippen molar-refractivity contribution in [1.29, 1.82) is 0 Å². The predicted molar refractivity (Wildman–Crippen MR) is 62.0 cm³/mol. The van der Waals surface area contributed by atoms with Crippen LogP contribution in [-0.4, -0.2) is 9.38 Å². The van der Waals surface area contributed by atoms with E-state index >= 15 is 0 Å². The quantitative estimate of drug-likeness (QED) is 0.675. The number of aryl methyl sites for hydroxylation is 1. The highest BCUT2D eigenvalue weighted by Gasteiger charge is 2.09. The minimum Gasteiger partial charge on any atom is -0.463 e. The zero-order valence-corrected chi connectivity index (χ0v) is 8.84. The van der Waals surface area contributed by atoms with Gasteiger partial charge in [0.05, 0.1) is 12.0 Å². The third-order valence-electron chi connectivity index (χ3n) is 2.62. The van der Waals surface area contributed by atoms with E-state index in [-0.39, 0.29) is 0 Å². The van der Waals surface area contributed by atoms with Crippen molar-refractivity contribution in [2.24, 2.45) is 0 Å². The molecule has 0 aliphatic carbocycles. The summed E-state index contributed by atoms with van der Waals surface area (Å²) in [4.78, 5) is 4.46. The smallest absolute Gasteiger partial charge is 0.161 e. The molecule has 3 aromatic rings. The Balaban J connectivity index is 2.31. The molecule has 4 heteroatoms. The zero-order valence-electron chi connectivity index (χ0n) is 8.84. The van der Waals surface area contributed by atoms with E-state index < -0.39 is 0 Å². The Morgan fingerprint density at radius 3 is 2.88 bits per heavy atom. The molecule has 3 rings (SSSR count). The second-order valence-electron chi connectivity index (χ2n) is 3.73. The molecular formula is C12H11N3O. The predicted octanol–water partition coefficient (Wildman–Crippen LogP) is 2.48. The second kappa shape index (κ2) is 3.13. The summed E-state index contributed by atoms with van der Waals surface area (Å²) in [7, 11) is 0. The lowest BCUT2D eigenvalue weighted by molar-refractivity contribution is 0.580. The van der Waals surface area contributed by atoms with Crippen LogP contribution in [0.3, 0.4) is 0 Å². The van der Waals surface area contributed by atoms with E-state index in [2.05, 4.69) is 4.98 Å². The lowest BCUT2D eigenvalue weighted by Crippen LogP contribution is -1.94. The lowest BCUT2D eigenvalue weighted by Gasteiger charge is -2.00. The fraction of sp³-hybridized carbons (Fsp3) is 0.0833. The van der Waals surface area contributed by atoms with Gasteiger partial charge in [-0.3, -0.25) is 0 Å². The van der Waals surface area contributed by atoms with Crippen LogP contribution in [0, 0.1) is 6.92 Å². The Kier molecular flexibility index (Phi) is 1.77. The number of fused-ring (bicyclic) bond motifs is 1. The highest BCUT2D eigenvalue weighted by atomic mass is 16.3. The number of nitrogen functional groups attached to an aromatic ring is 1. The molecule has 4 nitrogen and oxygen atoms in total. The van der Waals surface area contributed by atoms with Gasteiger partial charge < -0.3 is 14.6 Å². The molecule has 0 spiro atoms. The molecule has 0 saturated carbocycles. The molecular weight excluding hydrogens is 202 g/mol. The molecule has 0 aliphatic rings. The van der Waals surface area contributed by atoms with Crippen LogP contribution in [0.1, 0.15) is 5.69 Å². The highest BCUT2D eigenvalue weighted by molar-refractivity contribution is 5.69. The minimum atomic E-state index is 0.670. The van der Waals surface area contributed by atoms with Gasteiger partial charge in [0, 0.05) is 11.9 Å². The average molecular weight is 213 g/mol. The van der Waals surface area contributed by atoms with Crippen molar-refractivity contribution >= 4 is 11.3 Å². The van der Waals surface area contributed by atoms with E-state index in [0.717, 1.165) is 22.8 Å². The summed E-state index contributed by atoms with van der Waals surface area (Å²) in [6.45, 7) is 2.01. The van der Waals surface area contributed by atoms with Crippen molar-refractivity contribution in [3.63, 3.8) is 0 Å². The number of aromatic nitrogens is 2. The van der Waals surface area contributed by atoms with Crippen LogP contribution in [-0.2, 0) is 0 Å². The number of nitrogens with zero attached hydrogens (tertiary/aromatic N) is 2. The summed E-state index contributed by atoms with van der Waals surface area (Å²) in [5, 5.41) is 0. The molecule has 0 aromatic carbocycles. The molecule has 3 heterocycles. The molecule has 0 aliphatic heterocycles. The number of pyridine rings is 1. The van der Waals surface area contributed by atoms with Crippen LogP contribution in [0.4, 0.5) is 5.69 Å². The summed E-state index contributed by atoms with van der Waals surface area (Å²) in [5.41, 5.74) is 9.21. The molecule has 80 valence electrons. The van der Waals surface area contributed by atoms with Crippen molar-refractivity contribution in [3.8, 4) is 11.5 Å². The SMILES string of the molecule is Cc1ccc(N)c2nc(-c3ccco3)cn12. The minimum absolute atomic E-state index is 0.670. The van der Waals surface area contributed by atoms with Gasteiger partial charge in [0.25, 0.3) is 0 Å². The maximum atomic E-state index is 5.88. The Labute approximate surface area is 92.3 Å². The second-order valence-corrected chi connectivity index (χ2v) is 3.73. The number of rotatable bonds is 1. The maximum Gasteiger partial charge on any atom is 0.161 e. The summed E-state index contributed by atoms with van der Waals surface area (Å²) >= 11 is 0. The van der Waals surface area contributed by atoms with Crippen molar-refractivity contribution < 1.29 is 4.42 Å². The first-order valence-corrected chi connectivity index (χ1v) is 5.04. The standard InChI is InChI=1S/C12H11N3O/c1-8-4-5-9(13)12-14-10(7-15(8)12)11-3-2-6-16-11/h2-7H,13H2,1H3. The van der Waals surface area contributed by atoms with Crippen LogP contribution < -0.4 is 5.73 Å². The van der Waals surface area contributed by atoms with Crippen molar-refractivity contribution in [2.75, 3.05) is 5.73 Å². The molecule has 16 heavy (non-hydrogen) atoms. The van der Waals surface area contributed by atoms with Gasteiger partial charge in [-0.25, -0.2) is 4.98 Å². The molecule has 0 unspecified atom stereocenters. The molecule has 0 amide bonds. The van der Waals surface area contributed by atoms with Crippen LogP contribution in [0.15, 0.2) is 41.1 Å². The highest BCUT2D eigenvalue weighted by Crippen LogP contribution is 2.23. The number of imidazole rings is 1. The number of nitrogens with two attached hydrogens (primary N) is 1. The number of hydrogen-bond donors (Lipinski definition) is 1. The first kappa shape index (κ1) is 9.03. The van der Waals surface area contributed by atoms with E-state index in [4.69, 9.17) is 10.2 Å². The topological polar surface area (TPSA) is 56.5 Å². The van der Waals surface area contributed by atoms with E-state index in [9.17, 15) is 0 Å². The molecule has 3 aromatic heterocycles. The van der Waals surface area contributed by atoms with Crippen LogP contribution in [0.2, 0.25) is 0 Å². The Bertz CT molecular complexity index is 599. The van der Waals surface area contributed by atoms with Gasteiger partial charge >= 0.3 is 0 Å². The largest absolute Gasteiger partial charge is 0.463 e. The van der Waals surface area contributed by atoms with Crippen LogP contribution in [0.5, 0.6) is 0 Å². The van der Waals surface area contributed by atoms with Crippen LogP contribution >= 0.6 is 0 Å². The van der Waals surface area contributed by atoms with Crippen molar-refractivity contribution in [2.45, 2.75) is 6.92 Å². The number of hydrogen-bond acceptors (Lipinski definition) is 3. The van der Waals surface area contributed by atoms with Gasteiger partial charge in [0.1, 0.15) is 5.69 Å². The summed E-state index contributed by atoms with van der Waals surface area (Å²) < 4.78 is 7.28. The van der Waals surface area contributed by atoms with Gasteiger partial charge in [0.15, 0.2) is 11.4 Å². The van der Waals surface area contributed by atoms with E-state index in [1.54, 1.807) is 6.26 Å². The normalized spacial score (nSPS) is 11.1. The average Bonchev–Trinajstić information content (AvgIpc) is 2.90. The molecule has 0 atom stereocenters. The lowest BCUT2D eigenvalue weighted by atomic mass is 10.3. The van der Waals surface area contributed by atoms with Gasteiger partial charge in [0.2, 0.25) is 0 Å². The first-order chi connectivity index (χ1) is 7.75. The first-order valence-electron chi connectivity index (χ1n) is 5.04. The van der Waals surface area contributed by atoms with Gasteiger partial charge in [-0.2, -0.15) is 0 Å². The van der Waals surface area contributed by atoms with Gasteiger partial charge in [-0.05, 0) is 31.2 Å². The maximum absolute atomic E-state index is 5.88. The Morgan fingerprint density at radius 1 is 1.31 bits per heavy atom. The Morgan fingerprint density at radius 2 is 2.19 bits per heavy atom. The summed E-state index contributed by atoms with van der Waals surface area (Å²) in [6, 6.07) is 7.56. The molecule has 0 fully saturated rings. The van der Waals surface area contributed by atoms with Crippen molar-refractivity contribution in [3.05, 3.63) is 42.4 Å². The van der Waals surface area contributed by atoms with Crippen molar-refractivity contribution in [1.82, 2.24) is 9.38 Å². The van der Waals surface area contributed by atoms with Gasteiger partial charge in [-0.1, -0.05) is 0 Å². The monoisotopic (exact) mass is 213 g/mol. The third-order valence-corrected chi connectivity index (χ3v) is 2.62. The third kappa shape index (κ3) is 1.20. The Hall–Kier alpha value is -2.23. The molecule has 0 bridgehead atoms. The summed E-state index contributed by atoms with van der Waals surface area (Å²) in [6.07, 6.45) is 3.56. The summed E-state index contributed by atoms with van der Waals surface area (Å²) in [5.74, 6) is 0.752. The zero-order chi connectivity index (χ0) is 11.1. The van der Waals surface area contributed by atoms with E-state index in [0.29, 0.717) is 5.69 Å². The van der Waals surface area contributed by atoms with Gasteiger partial charge in [-0.15, -0.1) is 0 Å². The number of furan rings is 1. The number of anilines is 1. The fourth-order valence-electron chi connectivity index (χ4n) is 1.76. The molecule has 0 radical (unpaired) electrons. The molecule has 2 N–H and O–H groups in total. The van der Waals surface area contributed by atoms with E-state index in [1.807, 2.05) is 41.8 Å². The van der Waals surface area contributed by atoms with E-state index in [1.165, 1.54) is 0 Å². The fourth-order valence-corrected chi connectivity index (χ4v) is 1.76. The molecule has 0 saturated heterocycles.